The Bertz CT molecular complexity index is 363. The van der Waals surface area contributed by atoms with Gasteiger partial charge in [-0.2, -0.15) is 0 Å². The maximum absolute atomic E-state index is 11.5. The molecule has 0 saturated carbocycles. The Morgan fingerprint density at radius 1 is 1.53 bits per heavy atom. The maximum Gasteiger partial charge on any atom is 0.338 e. The zero-order valence-electron chi connectivity index (χ0n) is 8.31. The molecule has 1 aliphatic heterocycles. The van der Waals surface area contributed by atoms with Gasteiger partial charge in [-0.1, -0.05) is 24.8 Å². The normalized spacial score (nSPS) is 18.3. The van der Waals surface area contributed by atoms with Gasteiger partial charge in [0, 0.05) is 0 Å². The Kier molecular flexibility index (Phi) is 2.83. The molecule has 1 aromatic carbocycles. The second kappa shape index (κ2) is 4.28. The van der Waals surface area contributed by atoms with Gasteiger partial charge in [0.05, 0.1) is 12.2 Å². The number of rotatable bonds is 4. The first-order chi connectivity index (χ1) is 7.29. The molecule has 3 heteroatoms. The van der Waals surface area contributed by atoms with Crippen molar-refractivity contribution >= 4 is 12.0 Å². The fourth-order valence-electron chi connectivity index (χ4n) is 1.17. The molecule has 0 bridgehead atoms. The van der Waals surface area contributed by atoms with Gasteiger partial charge in [0.15, 0.2) is 0 Å². The number of hydrogen-bond donors (Lipinski definition) is 0. The lowest BCUT2D eigenvalue weighted by atomic mass is 10.1. The molecule has 0 radical (unpaired) electrons. The van der Waals surface area contributed by atoms with Gasteiger partial charge in [-0.25, -0.2) is 4.79 Å². The minimum atomic E-state index is -0.305. The van der Waals surface area contributed by atoms with Crippen LogP contribution in [-0.4, -0.2) is 25.3 Å². The molecule has 0 N–H and O–H groups in total. The first kappa shape index (κ1) is 9.93. The second-order valence-corrected chi connectivity index (χ2v) is 3.38. The maximum atomic E-state index is 11.5. The highest BCUT2D eigenvalue weighted by Crippen LogP contribution is 2.11. The van der Waals surface area contributed by atoms with Crippen molar-refractivity contribution in [3.63, 3.8) is 0 Å². The van der Waals surface area contributed by atoms with Crippen molar-refractivity contribution in [2.45, 2.75) is 6.10 Å². The van der Waals surface area contributed by atoms with Crippen LogP contribution in [0.5, 0.6) is 0 Å². The zero-order valence-corrected chi connectivity index (χ0v) is 8.31. The third-order valence-electron chi connectivity index (χ3n) is 2.18. The number of carbonyl (C=O) groups is 1. The summed E-state index contributed by atoms with van der Waals surface area (Å²) in [5.74, 6) is -0.305. The van der Waals surface area contributed by atoms with E-state index in [0.29, 0.717) is 18.8 Å². The summed E-state index contributed by atoms with van der Waals surface area (Å²) < 4.78 is 9.98. The number of ether oxygens (including phenoxy) is 2. The summed E-state index contributed by atoms with van der Waals surface area (Å²) in [5.41, 5.74) is 1.54. The van der Waals surface area contributed by atoms with Crippen molar-refractivity contribution in [3.05, 3.63) is 42.0 Å². The molecule has 1 aromatic rings. The highest BCUT2D eigenvalue weighted by molar-refractivity contribution is 5.89. The molecular formula is C12H12O3. The standard InChI is InChI=1S/C12H12O3/c1-2-9-3-5-10(6-4-9)12(13)15-8-11-7-14-11/h2-6,11H,1,7-8H2. The van der Waals surface area contributed by atoms with E-state index in [1.165, 1.54) is 0 Å². The van der Waals surface area contributed by atoms with Crippen LogP contribution in [0.25, 0.3) is 6.08 Å². The average molecular weight is 204 g/mol. The van der Waals surface area contributed by atoms with Crippen molar-refractivity contribution in [2.75, 3.05) is 13.2 Å². The van der Waals surface area contributed by atoms with Gasteiger partial charge in [-0.05, 0) is 17.7 Å². The van der Waals surface area contributed by atoms with Crippen LogP contribution in [-0.2, 0) is 9.47 Å². The number of esters is 1. The Labute approximate surface area is 88.3 Å². The van der Waals surface area contributed by atoms with E-state index in [-0.39, 0.29) is 12.1 Å². The minimum Gasteiger partial charge on any atom is -0.459 e. The van der Waals surface area contributed by atoms with Gasteiger partial charge in [0.1, 0.15) is 12.7 Å². The summed E-state index contributed by atoms with van der Waals surface area (Å²) in [5, 5.41) is 0. The molecule has 1 unspecified atom stereocenters. The smallest absolute Gasteiger partial charge is 0.338 e. The molecule has 1 heterocycles. The van der Waals surface area contributed by atoms with Gasteiger partial charge < -0.3 is 9.47 Å². The fraction of sp³-hybridized carbons (Fsp3) is 0.250. The Morgan fingerprint density at radius 3 is 2.73 bits per heavy atom. The zero-order chi connectivity index (χ0) is 10.7. The van der Waals surface area contributed by atoms with Crippen molar-refractivity contribution in [1.82, 2.24) is 0 Å². The van der Waals surface area contributed by atoms with Crippen LogP contribution in [0.15, 0.2) is 30.8 Å². The molecule has 1 aliphatic rings. The summed E-state index contributed by atoms with van der Waals surface area (Å²) in [6.45, 7) is 4.69. The van der Waals surface area contributed by atoms with E-state index in [1.807, 2.05) is 12.1 Å². The van der Waals surface area contributed by atoms with Crippen molar-refractivity contribution in [3.8, 4) is 0 Å². The molecule has 15 heavy (non-hydrogen) atoms. The molecule has 0 aromatic heterocycles. The Hall–Kier alpha value is -1.61. The predicted octanol–water partition coefficient (Wildman–Crippen LogP) is 1.89. The highest BCUT2D eigenvalue weighted by Gasteiger charge is 2.24. The van der Waals surface area contributed by atoms with E-state index in [2.05, 4.69) is 6.58 Å². The second-order valence-electron chi connectivity index (χ2n) is 3.38. The van der Waals surface area contributed by atoms with E-state index in [4.69, 9.17) is 9.47 Å². The molecular weight excluding hydrogens is 192 g/mol. The number of benzene rings is 1. The minimum absolute atomic E-state index is 0.112. The summed E-state index contributed by atoms with van der Waals surface area (Å²) >= 11 is 0. The quantitative estimate of drug-likeness (QED) is 0.555. The number of carbonyl (C=O) groups excluding carboxylic acids is 1. The third kappa shape index (κ3) is 2.67. The largest absolute Gasteiger partial charge is 0.459 e. The van der Waals surface area contributed by atoms with Crippen LogP contribution >= 0.6 is 0 Å². The molecule has 1 fully saturated rings. The van der Waals surface area contributed by atoms with Crippen LogP contribution in [0.2, 0.25) is 0 Å². The Morgan fingerprint density at radius 2 is 2.20 bits per heavy atom. The monoisotopic (exact) mass is 204 g/mol. The van der Waals surface area contributed by atoms with Gasteiger partial charge in [0.25, 0.3) is 0 Å². The molecule has 78 valence electrons. The van der Waals surface area contributed by atoms with Crippen LogP contribution in [0.3, 0.4) is 0 Å². The average Bonchev–Trinajstić information content (AvgIpc) is 3.10. The van der Waals surface area contributed by atoms with Crippen molar-refractivity contribution < 1.29 is 14.3 Å². The van der Waals surface area contributed by atoms with Crippen LogP contribution < -0.4 is 0 Å². The SMILES string of the molecule is C=Cc1ccc(C(=O)OCC2CO2)cc1. The first-order valence-electron chi connectivity index (χ1n) is 4.81. The summed E-state index contributed by atoms with van der Waals surface area (Å²) in [6, 6.07) is 7.12. The van der Waals surface area contributed by atoms with Crippen LogP contribution in [0, 0.1) is 0 Å². The summed E-state index contributed by atoms with van der Waals surface area (Å²) in [4.78, 5) is 11.5. The Balaban J connectivity index is 1.94. The lowest BCUT2D eigenvalue weighted by molar-refractivity contribution is 0.0476. The first-order valence-corrected chi connectivity index (χ1v) is 4.81. The molecule has 2 rings (SSSR count). The summed E-state index contributed by atoms with van der Waals surface area (Å²) in [7, 11) is 0. The molecule has 0 aliphatic carbocycles. The third-order valence-corrected chi connectivity index (χ3v) is 2.18. The number of epoxide rings is 1. The molecule has 1 saturated heterocycles. The van der Waals surface area contributed by atoms with E-state index < -0.39 is 0 Å². The lowest BCUT2D eigenvalue weighted by Crippen LogP contribution is -2.09. The number of hydrogen-bond acceptors (Lipinski definition) is 3. The molecule has 0 spiro atoms. The predicted molar refractivity (Wildman–Crippen MR) is 56.6 cm³/mol. The summed E-state index contributed by atoms with van der Waals surface area (Å²) in [6.07, 6.45) is 1.84. The van der Waals surface area contributed by atoms with Crippen molar-refractivity contribution in [2.24, 2.45) is 0 Å². The topological polar surface area (TPSA) is 38.8 Å². The lowest BCUT2D eigenvalue weighted by Gasteiger charge is -2.02. The highest BCUT2D eigenvalue weighted by atomic mass is 16.6. The van der Waals surface area contributed by atoms with Gasteiger partial charge in [0.2, 0.25) is 0 Å². The van der Waals surface area contributed by atoms with E-state index in [1.54, 1.807) is 18.2 Å². The van der Waals surface area contributed by atoms with Gasteiger partial charge in [-0.3, -0.25) is 0 Å². The van der Waals surface area contributed by atoms with Crippen LogP contribution in [0.4, 0.5) is 0 Å². The molecule has 3 nitrogen and oxygen atoms in total. The fourth-order valence-corrected chi connectivity index (χ4v) is 1.17. The van der Waals surface area contributed by atoms with Crippen LogP contribution in [0.1, 0.15) is 15.9 Å². The molecule has 1 atom stereocenters. The van der Waals surface area contributed by atoms with E-state index >= 15 is 0 Å². The van der Waals surface area contributed by atoms with Gasteiger partial charge >= 0.3 is 5.97 Å². The molecule has 0 amide bonds. The van der Waals surface area contributed by atoms with Gasteiger partial charge in [-0.15, -0.1) is 0 Å². The van der Waals surface area contributed by atoms with E-state index in [0.717, 1.165) is 5.56 Å². The van der Waals surface area contributed by atoms with E-state index in [9.17, 15) is 4.79 Å². The van der Waals surface area contributed by atoms with Crippen molar-refractivity contribution in [1.29, 1.82) is 0 Å².